The van der Waals surface area contributed by atoms with Gasteiger partial charge in [0.25, 0.3) is 0 Å². The number of carboxylic acid groups (broad SMARTS) is 1. The van der Waals surface area contributed by atoms with Crippen molar-refractivity contribution in [3.63, 3.8) is 0 Å². The summed E-state index contributed by atoms with van der Waals surface area (Å²) in [4.78, 5) is 11.0. The molecule has 1 fully saturated rings. The van der Waals surface area contributed by atoms with Crippen molar-refractivity contribution >= 4 is 5.97 Å². The maximum Gasteiger partial charge on any atom is 0.304 e. The lowest BCUT2D eigenvalue weighted by molar-refractivity contribution is -0.137. The number of ether oxygens (including phenoxy) is 2. The second-order valence-corrected chi connectivity index (χ2v) is 6.75. The van der Waals surface area contributed by atoms with Crippen LogP contribution in [0, 0.1) is 5.41 Å². The Morgan fingerprint density at radius 1 is 1.20 bits per heavy atom. The maximum absolute atomic E-state index is 11.0. The predicted molar refractivity (Wildman–Crippen MR) is 74.4 cm³/mol. The fraction of sp³-hybridized carbons (Fsp3) is 0.562. The average Bonchev–Trinajstić information content (AvgIpc) is 3.15. The van der Waals surface area contributed by atoms with Crippen molar-refractivity contribution in [1.29, 1.82) is 0 Å². The summed E-state index contributed by atoms with van der Waals surface area (Å²) < 4.78 is 11.7. The lowest BCUT2D eigenvalue weighted by Gasteiger charge is -2.19. The molecule has 20 heavy (non-hydrogen) atoms. The smallest absolute Gasteiger partial charge is 0.304 e. The van der Waals surface area contributed by atoms with E-state index in [1.54, 1.807) is 0 Å². The second kappa shape index (κ2) is 4.40. The van der Waals surface area contributed by atoms with E-state index in [0.29, 0.717) is 13.2 Å². The second-order valence-electron chi connectivity index (χ2n) is 6.75. The number of fused-ring (bicyclic) bond motifs is 1. The zero-order chi connectivity index (χ0) is 14.4. The Kier molecular flexibility index (Phi) is 2.92. The lowest BCUT2D eigenvalue weighted by Crippen LogP contribution is -2.26. The van der Waals surface area contributed by atoms with E-state index >= 15 is 0 Å². The highest BCUT2D eigenvalue weighted by atomic mass is 16.5. The van der Waals surface area contributed by atoms with Gasteiger partial charge in [-0.3, -0.25) is 4.79 Å². The molecule has 4 nitrogen and oxygen atoms in total. The van der Waals surface area contributed by atoms with Gasteiger partial charge in [0.2, 0.25) is 0 Å². The van der Waals surface area contributed by atoms with E-state index in [1.165, 1.54) is 0 Å². The standard InChI is InChI=1S/C16H20O4/c1-15(2)9-19-12-4-3-11(7-13(12)20-10-15)16(5-6-16)8-14(17)18/h3-4,7H,5-6,8-10H2,1-2H3,(H,17,18). The van der Waals surface area contributed by atoms with Crippen LogP contribution in [0.1, 0.15) is 38.7 Å². The Bertz CT molecular complexity index is 543. The molecule has 0 aromatic heterocycles. The zero-order valence-electron chi connectivity index (χ0n) is 11.9. The molecule has 4 heteroatoms. The van der Waals surface area contributed by atoms with Gasteiger partial charge in [0.1, 0.15) is 0 Å². The summed E-state index contributed by atoms with van der Waals surface area (Å²) >= 11 is 0. The van der Waals surface area contributed by atoms with Crippen LogP contribution in [0.15, 0.2) is 18.2 Å². The zero-order valence-corrected chi connectivity index (χ0v) is 11.9. The molecule has 1 aromatic rings. The molecule has 1 saturated carbocycles. The summed E-state index contributed by atoms with van der Waals surface area (Å²) in [5, 5.41) is 9.05. The van der Waals surface area contributed by atoms with Crippen LogP contribution < -0.4 is 9.47 Å². The molecular formula is C16H20O4. The average molecular weight is 276 g/mol. The van der Waals surface area contributed by atoms with Crippen molar-refractivity contribution in [2.24, 2.45) is 5.41 Å². The van der Waals surface area contributed by atoms with Crippen LogP contribution >= 0.6 is 0 Å². The monoisotopic (exact) mass is 276 g/mol. The molecule has 0 unspecified atom stereocenters. The van der Waals surface area contributed by atoms with Crippen LogP contribution in [-0.2, 0) is 10.2 Å². The van der Waals surface area contributed by atoms with Gasteiger partial charge in [-0.2, -0.15) is 0 Å². The molecule has 0 atom stereocenters. The van der Waals surface area contributed by atoms with E-state index in [4.69, 9.17) is 14.6 Å². The Balaban J connectivity index is 1.87. The molecule has 0 radical (unpaired) electrons. The Morgan fingerprint density at radius 3 is 2.45 bits per heavy atom. The number of aliphatic carboxylic acids is 1. The van der Waals surface area contributed by atoms with E-state index in [0.717, 1.165) is 29.9 Å². The third kappa shape index (κ3) is 2.47. The SMILES string of the molecule is CC1(C)COc2ccc(C3(CC(=O)O)CC3)cc2OC1. The highest BCUT2D eigenvalue weighted by Crippen LogP contribution is 2.52. The van der Waals surface area contributed by atoms with Gasteiger partial charge < -0.3 is 14.6 Å². The Morgan fingerprint density at radius 2 is 1.85 bits per heavy atom. The maximum atomic E-state index is 11.0. The van der Waals surface area contributed by atoms with E-state index in [1.807, 2.05) is 18.2 Å². The van der Waals surface area contributed by atoms with Crippen molar-refractivity contribution in [3.05, 3.63) is 23.8 Å². The number of rotatable bonds is 3. The highest BCUT2D eigenvalue weighted by molar-refractivity contribution is 5.70. The molecule has 0 saturated heterocycles. The summed E-state index contributed by atoms with van der Waals surface area (Å²) in [6.07, 6.45) is 2.06. The quantitative estimate of drug-likeness (QED) is 0.922. The van der Waals surface area contributed by atoms with Gasteiger partial charge in [0.05, 0.1) is 19.6 Å². The van der Waals surface area contributed by atoms with Crippen molar-refractivity contribution in [1.82, 2.24) is 0 Å². The molecular weight excluding hydrogens is 256 g/mol. The van der Waals surface area contributed by atoms with Gasteiger partial charge in [-0.1, -0.05) is 19.9 Å². The van der Waals surface area contributed by atoms with E-state index < -0.39 is 5.97 Å². The van der Waals surface area contributed by atoms with E-state index in [-0.39, 0.29) is 17.3 Å². The van der Waals surface area contributed by atoms with Crippen LogP contribution in [0.3, 0.4) is 0 Å². The number of carbonyl (C=O) groups is 1. The number of benzene rings is 1. The first kappa shape index (κ1) is 13.3. The molecule has 108 valence electrons. The van der Waals surface area contributed by atoms with Crippen molar-refractivity contribution in [2.45, 2.75) is 38.5 Å². The molecule has 0 spiro atoms. The predicted octanol–water partition coefficient (Wildman–Crippen LogP) is 2.99. The first-order valence-electron chi connectivity index (χ1n) is 7.02. The highest BCUT2D eigenvalue weighted by Gasteiger charge is 2.46. The molecule has 1 N–H and O–H groups in total. The largest absolute Gasteiger partial charge is 0.489 e. The summed E-state index contributed by atoms with van der Waals surface area (Å²) in [5.41, 5.74) is 0.853. The topological polar surface area (TPSA) is 55.8 Å². The van der Waals surface area contributed by atoms with Gasteiger partial charge in [-0.05, 0) is 30.5 Å². The molecule has 3 rings (SSSR count). The van der Waals surface area contributed by atoms with Gasteiger partial charge in [0.15, 0.2) is 11.5 Å². The first-order chi connectivity index (χ1) is 9.40. The first-order valence-corrected chi connectivity index (χ1v) is 7.02. The van der Waals surface area contributed by atoms with Crippen LogP contribution in [-0.4, -0.2) is 24.3 Å². The van der Waals surface area contributed by atoms with Crippen molar-refractivity contribution in [3.8, 4) is 11.5 Å². The Hall–Kier alpha value is -1.71. The van der Waals surface area contributed by atoms with Crippen LogP contribution in [0.5, 0.6) is 11.5 Å². The number of hydrogen-bond acceptors (Lipinski definition) is 3. The fourth-order valence-corrected chi connectivity index (χ4v) is 2.67. The van der Waals surface area contributed by atoms with Crippen molar-refractivity contribution < 1.29 is 19.4 Å². The minimum Gasteiger partial charge on any atom is -0.489 e. The van der Waals surface area contributed by atoms with Gasteiger partial charge in [-0.15, -0.1) is 0 Å². The third-order valence-corrected chi connectivity index (χ3v) is 4.14. The number of hydrogen-bond donors (Lipinski definition) is 1. The molecule has 1 aliphatic heterocycles. The van der Waals surface area contributed by atoms with E-state index in [2.05, 4.69) is 13.8 Å². The minimum absolute atomic E-state index is 0.0164. The molecule has 0 amide bonds. The molecule has 0 bridgehead atoms. The fourth-order valence-electron chi connectivity index (χ4n) is 2.67. The van der Waals surface area contributed by atoms with Crippen LogP contribution in [0.25, 0.3) is 0 Å². The Labute approximate surface area is 118 Å². The van der Waals surface area contributed by atoms with E-state index in [9.17, 15) is 4.79 Å². The number of carboxylic acids is 1. The van der Waals surface area contributed by atoms with Gasteiger partial charge in [-0.25, -0.2) is 0 Å². The van der Waals surface area contributed by atoms with Crippen molar-refractivity contribution in [2.75, 3.05) is 13.2 Å². The molecule has 1 aromatic carbocycles. The molecule has 1 heterocycles. The minimum atomic E-state index is -0.740. The molecule has 1 aliphatic carbocycles. The molecule has 2 aliphatic rings. The lowest BCUT2D eigenvalue weighted by atomic mass is 9.92. The van der Waals surface area contributed by atoms with Gasteiger partial charge in [0, 0.05) is 10.8 Å². The summed E-state index contributed by atoms with van der Waals surface area (Å²) in [5.74, 6) is 0.755. The van der Waals surface area contributed by atoms with Gasteiger partial charge >= 0.3 is 5.97 Å². The normalized spacial score (nSPS) is 21.9. The summed E-state index contributed by atoms with van der Waals surface area (Å²) in [7, 11) is 0. The summed E-state index contributed by atoms with van der Waals surface area (Å²) in [6.45, 7) is 5.44. The van der Waals surface area contributed by atoms with Crippen LogP contribution in [0.4, 0.5) is 0 Å². The van der Waals surface area contributed by atoms with Crippen LogP contribution in [0.2, 0.25) is 0 Å². The summed E-state index contributed by atoms with van der Waals surface area (Å²) in [6, 6.07) is 5.86. The third-order valence-electron chi connectivity index (χ3n) is 4.14.